The molecule has 0 aliphatic heterocycles. The van der Waals surface area contributed by atoms with Crippen molar-refractivity contribution >= 4 is 33.3 Å². The van der Waals surface area contributed by atoms with Crippen molar-refractivity contribution in [3.05, 3.63) is 11.4 Å². The molecule has 0 amide bonds. The summed E-state index contributed by atoms with van der Waals surface area (Å²) in [6, 6.07) is 2.00. The standard InChI is InChI=1S/C8H11N5S/c1-2-10-6-5-3-4-14-7(5)12-8(11-6)13-9/h3-4H,2,9H2,1H3,(H2,10,11,12,13). The summed E-state index contributed by atoms with van der Waals surface area (Å²) in [5.74, 6) is 6.54. The molecule has 0 saturated carbocycles. The molecule has 74 valence electrons. The predicted molar refractivity (Wildman–Crippen MR) is 59.4 cm³/mol. The first-order valence-corrected chi connectivity index (χ1v) is 5.19. The van der Waals surface area contributed by atoms with E-state index in [1.165, 1.54) is 0 Å². The van der Waals surface area contributed by atoms with Crippen molar-refractivity contribution in [2.24, 2.45) is 5.84 Å². The van der Waals surface area contributed by atoms with Crippen molar-refractivity contribution in [3.63, 3.8) is 0 Å². The highest BCUT2D eigenvalue weighted by molar-refractivity contribution is 7.16. The summed E-state index contributed by atoms with van der Waals surface area (Å²) in [5, 5.41) is 6.20. The molecule has 2 rings (SSSR count). The SMILES string of the molecule is CCNc1nc(NN)nc2sccc12. The average molecular weight is 209 g/mol. The molecule has 6 heteroatoms. The van der Waals surface area contributed by atoms with Crippen molar-refractivity contribution < 1.29 is 0 Å². The monoisotopic (exact) mass is 209 g/mol. The molecule has 14 heavy (non-hydrogen) atoms. The van der Waals surface area contributed by atoms with Gasteiger partial charge < -0.3 is 5.32 Å². The molecule has 0 spiro atoms. The lowest BCUT2D eigenvalue weighted by Crippen LogP contribution is -2.11. The number of nitrogens with two attached hydrogens (primary N) is 1. The Bertz CT molecular complexity index is 438. The van der Waals surface area contributed by atoms with E-state index < -0.39 is 0 Å². The summed E-state index contributed by atoms with van der Waals surface area (Å²) in [5.41, 5.74) is 2.45. The van der Waals surface area contributed by atoms with Crippen LogP contribution >= 0.6 is 11.3 Å². The average Bonchev–Trinajstić information content (AvgIpc) is 2.66. The molecule has 4 N–H and O–H groups in total. The number of anilines is 2. The normalized spacial score (nSPS) is 10.4. The first-order chi connectivity index (χ1) is 6.85. The Hall–Kier alpha value is -1.40. The van der Waals surface area contributed by atoms with Crippen LogP contribution in [-0.4, -0.2) is 16.5 Å². The fourth-order valence-corrected chi connectivity index (χ4v) is 1.99. The number of rotatable bonds is 3. The molecule has 0 unspecified atom stereocenters. The lowest BCUT2D eigenvalue weighted by atomic mass is 10.4. The number of hydrazine groups is 1. The van der Waals surface area contributed by atoms with Crippen LogP contribution in [0.3, 0.4) is 0 Å². The first kappa shape index (κ1) is 9.17. The number of hydrogen-bond acceptors (Lipinski definition) is 6. The second-order valence-corrected chi connectivity index (χ2v) is 3.60. The van der Waals surface area contributed by atoms with Crippen LogP contribution in [0.2, 0.25) is 0 Å². The molecule has 0 radical (unpaired) electrons. The Kier molecular flexibility index (Phi) is 2.47. The molecule has 5 nitrogen and oxygen atoms in total. The highest BCUT2D eigenvalue weighted by Gasteiger charge is 2.06. The lowest BCUT2D eigenvalue weighted by Gasteiger charge is -2.05. The van der Waals surface area contributed by atoms with Crippen molar-refractivity contribution in [2.75, 3.05) is 17.3 Å². The first-order valence-electron chi connectivity index (χ1n) is 4.31. The van der Waals surface area contributed by atoms with Crippen molar-refractivity contribution in [1.29, 1.82) is 0 Å². The number of thiophene rings is 1. The van der Waals surface area contributed by atoms with E-state index >= 15 is 0 Å². The Labute approximate surface area is 85.3 Å². The molecule has 2 aromatic heterocycles. The topological polar surface area (TPSA) is 75.9 Å². The highest BCUT2D eigenvalue weighted by Crippen LogP contribution is 2.25. The van der Waals surface area contributed by atoms with Gasteiger partial charge in [0.05, 0.1) is 5.39 Å². The molecular formula is C8H11N5S. The lowest BCUT2D eigenvalue weighted by molar-refractivity contribution is 1.12. The predicted octanol–water partition coefficient (Wildman–Crippen LogP) is 1.41. The molecule has 0 fully saturated rings. The van der Waals surface area contributed by atoms with Crippen LogP contribution < -0.4 is 16.6 Å². The van der Waals surface area contributed by atoms with Crippen LogP contribution in [-0.2, 0) is 0 Å². The largest absolute Gasteiger partial charge is 0.370 e. The summed E-state index contributed by atoms with van der Waals surface area (Å²) in [6.07, 6.45) is 0. The number of nitrogens with zero attached hydrogens (tertiary/aromatic N) is 2. The van der Waals surface area contributed by atoms with Gasteiger partial charge in [-0.05, 0) is 18.4 Å². The van der Waals surface area contributed by atoms with E-state index in [2.05, 4.69) is 20.7 Å². The third-order valence-corrected chi connectivity index (χ3v) is 2.61. The summed E-state index contributed by atoms with van der Waals surface area (Å²) in [7, 11) is 0. The number of hydrogen-bond donors (Lipinski definition) is 3. The molecule has 0 bridgehead atoms. The minimum absolute atomic E-state index is 0.441. The minimum Gasteiger partial charge on any atom is -0.370 e. The maximum atomic E-state index is 5.28. The number of nitrogens with one attached hydrogen (secondary N) is 2. The van der Waals surface area contributed by atoms with Crippen LogP contribution in [0, 0.1) is 0 Å². The van der Waals surface area contributed by atoms with E-state index in [1.54, 1.807) is 11.3 Å². The third kappa shape index (κ3) is 1.49. The van der Waals surface area contributed by atoms with E-state index in [1.807, 2.05) is 18.4 Å². The summed E-state index contributed by atoms with van der Waals surface area (Å²) < 4.78 is 0. The second-order valence-electron chi connectivity index (χ2n) is 2.71. The van der Waals surface area contributed by atoms with E-state index in [4.69, 9.17) is 5.84 Å². The van der Waals surface area contributed by atoms with E-state index in [9.17, 15) is 0 Å². The van der Waals surface area contributed by atoms with E-state index in [-0.39, 0.29) is 0 Å². The smallest absolute Gasteiger partial charge is 0.240 e. The van der Waals surface area contributed by atoms with Gasteiger partial charge in [-0.3, -0.25) is 5.43 Å². The molecule has 0 atom stereocenters. The zero-order chi connectivity index (χ0) is 9.97. The zero-order valence-electron chi connectivity index (χ0n) is 7.74. The fraction of sp³-hybridized carbons (Fsp3) is 0.250. The number of nitrogen functional groups attached to an aromatic ring is 1. The Morgan fingerprint density at radius 3 is 3.07 bits per heavy atom. The van der Waals surface area contributed by atoms with Crippen molar-refractivity contribution in [2.45, 2.75) is 6.92 Å². The van der Waals surface area contributed by atoms with Gasteiger partial charge in [-0.2, -0.15) is 4.98 Å². The van der Waals surface area contributed by atoms with Gasteiger partial charge >= 0.3 is 0 Å². The second kappa shape index (κ2) is 3.77. The van der Waals surface area contributed by atoms with Crippen LogP contribution in [0.15, 0.2) is 11.4 Å². The third-order valence-electron chi connectivity index (χ3n) is 1.80. The van der Waals surface area contributed by atoms with Gasteiger partial charge in [0.25, 0.3) is 0 Å². The zero-order valence-corrected chi connectivity index (χ0v) is 8.56. The van der Waals surface area contributed by atoms with Gasteiger partial charge in [0, 0.05) is 6.54 Å². The molecule has 0 saturated heterocycles. The van der Waals surface area contributed by atoms with Gasteiger partial charge in [-0.1, -0.05) is 0 Å². The van der Waals surface area contributed by atoms with E-state index in [0.29, 0.717) is 5.95 Å². The molecular weight excluding hydrogens is 198 g/mol. The summed E-state index contributed by atoms with van der Waals surface area (Å²) in [4.78, 5) is 9.39. The van der Waals surface area contributed by atoms with Crippen LogP contribution in [0.5, 0.6) is 0 Å². The van der Waals surface area contributed by atoms with Crippen LogP contribution in [0.25, 0.3) is 10.2 Å². The van der Waals surface area contributed by atoms with Crippen LogP contribution in [0.4, 0.5) is 11.8 Å². The Balaban J connectivity index is 2.58. The highest BCUT2D eigenvalue weighted by atomic mass is 32.1. The molecule has 0 aromatic carbocycles. The van der Waals surface area contributed by atoms with Gasteiger partial charge in [0.15, 0.2) is 0 Å². The molecule has 0 aliphatic rings. The van der Waals surface area contributed by atoms with E-state index in [0.717, 1.165) is 22.6 Å². The minimum atomic E-state index is 0.441. The Morgan fingerprint density at radius 2 is 2.36 bits per heavy atom. The maximum absolute atomic E-state index is 5.28. The summed E-state index contributed by atoms with van der Waals surface area (Å²) in [6.45, 7) is 2.85. The molecule has 0 aliphatic carbocycles. The van der Waals surface area contributed by atoms with Gasteiger partial charge in [-0.25, -0.2) is 10.8 Å². The molecule has 2 aromatic rings. The fourth-order valence-electron chi connectivity index (χ4n) is 1.22. The van der Waals surface area contributed by atoms with Gasteiger partial charge in [-0.15, -0.1) is 11.3 Å². The van der Waals surface area contributed by atoms with Gasteiger partial charge in [0.2, 0.25) is 5.95 Å². The number of aromatic nitrogens is 2. The quantitative estimate of drug-likeness (QED) is 0.526. The van der Waals surface area contributed by atoms with Crippen molar-refractivity contribution in [1.82, 2.24) is 9.97 Å². The van der Waals surface area contributed by atoms with Crippen molar-refractivity contribution in [3.8, 4) is 0 Å². The Morgan fingerprint density at radius 1 is 1.50 bits per heavy atom. The van der Waals surface area contributed by atoms with Crippen LogP contribution in [0.1, 0.15) is 6.92 Å². The maximum Gasteiger partial charge on any atom is 0.240 e. The number of fused-ring (bicyclic) bond motifs is 1. The molecule has 2 heterocycles. The summed E-state index contributed by atoms with van der Waals surface area (Å²) >= 11 is 1.57. The van der Waals surface area contributed by atoms with Gasteiger partial charge in [0.1, 0.15) is 10.6 Å².